The number of primary amides is 1. The molecule has 20 heavy (non-hydrogen) atoms. The van der Waals surface area contributed by atoms with E-state index in [-0.39, 0.29) is 17.9 Å². The van der Waals surface area contributed by atoms with Gasteiger partial charge < -0.3 is 10.8 Å². The van der Waals surface area contributed by atoms with Gasteiger partial charge in [-0.2, -0.15) is 0 Å². The van der Waals surface area contributed by atoms with Crippen molar-refractivity contribution in [2.24, 2.45) is 17.1 Å². The van der Waals surface area contributed by atoms with E-state index in [9.17, 15) is 4.79 Å². The molecule has 1 aromatic rings. The third-order valence-electron chi connectivity index (χ3n) is 4.92. The first-order valence-electron chi connectivity index (χ1n) is 7.32. The minimum absolute atomic E-state index is 0.0460. The van der Waals surface area contributed by atoms with Crippen LogP contribution in [0.2, 0.25) is 0 Å². The van der Waals surface area contributed by atoms with E-state index in [0.717, 1.165) is 37.7 Å². The third-order valence-corrected chi connectivity index (χ3v) is 4.92. The van der Waals surface area contributed by atoms with Gasteiger partial charge in [0.15, 0.2) is 0 Å². The number of aliphatic hydroxyl groups is 1. The lowest BCUT2D eigenvalue weighted by Crippen LogP contribution is -2.36. The second-order valence-electron chi connectivity index (χ2n) is 6.25. The molecule has 0 aliphatic heterocycles. The molecule has 106 valence electrons. The molecule has 3 nitrogen and oxygen atoms in total. The largest absolute Gasteiger partial charge is 0.392 e. The van der Waals surface area contributed by atoms with E-state index >= 15 is 0 Å². The van der Waals surface area contributed by atoms with Crippen molar-refractivity contribution in [1.29, 1.82) is 0 Å². The monoisotopic (exact) mass is 271 g/mol. The summed E-state index contributed by atoms with van der Waals surface area (Å²) in [5, 5.41) is 8.86. The summed E-state index contributed by atoms with van der Waals surface area (Å²) in [5.41, 5.74) is 9.07. The molecule has 3 heteroatoms. The number of nitrogens with two attached hydrogens (primary N) is 1. The smallest absolute Gasteiger partial charge is 0.223 e. The van der Waals surface area contributed by atoms with Crippen LogP contribution in [0.5, 0.6) is 0 Å². The number of aliphatic hydroxyl groups excluding tert-OH is 1. The van der Waals surface area contributed by atoms with Gasteiger partial charge in [0.25, 0.3) is 0 Å². The van der Waals surface area contributed by atoms with Crippen molar-refractivity contribution in [3.05, 3.63) is 41.0 Å². The van der Waals surface area contributed by atoms with Crippen LogP contribution in [0.3, 0.4) is 0 Å². The fourth-order valence-electron chi connectivity index (χ4n) is 3.86. The number of benzene rings is 1. The summed E-state index contributed by atoms with van der Waals surface area (Å²) in [6, 6.07) is 6.40. The molecule has 1 amide bonds. The summed E-state index contributed by atoms with van der Waals surface area (Å²) in [6.45, 7) is 0.0460. The Balaban J connectivity index is 1.98. The zero-order chi connectivity index (χ0) is 14.2. The van der Waals surface area contributed by atoms with E-state index in [1.807, 2.05) is 6.08 Å². The van der Waals surface area contributed by atoms with E-state index in [1.165, 1.54) is 11.1 Å². The van der Waals surface area contributed by atoms with Crippen LogP contribution >= 0.6 is 0 Å². The highest BCUT2D eigenvalue weighted by atomic mass is 16.2. The summed E-state index contributed by atoms with van der Waals surface area (Å²) in [4.78, 5) is 11.9. The molecule has 2 aliphatic rings. The molecule has 3 rings (SSSR count). The number of hydrogen-bond acceptors (Lipinski definition) is 2. The van der Waals surface area contributed by atoms with Crippen LogP contribution < -0.4 is 5.73 Å². The Labute approximate surface area is 119 Å². The number of amides is 1. The van der Waals surface area contributed by atoms with Gasteiger partial charge in [0.05, 0.1) is 12.0 Å². The number of carbonyl (C=O) groups is 1. The van der Waals surface area contributed by atoms with Crippen molar-refractivity contribution in [2.75, 3.05) is 6.61 Å². The first-order valence-corrected chi connectivity index (χ1v) is 7.32. The third kappa shape index (κ3) is 2.27. The van der Waals surface area contributed by atoms with Crippen molar-refractivity contribution < 1.29 is 9.90 Å². The lowest BCUT2D eigenvalue weighted by Gasteiger charge is -2.25. The fraction of sp³-hybridized carbons (Fsp3) is 0.471. The highest BCUT2D eigenvalue weighted by molar-refractivity contribution is 5.82. The number of rotatable bonds is 3. The van der Waals surface area contributed by atoms with Gasteiger partial charge in [-0.1, -0.05) is 30.4 Å². The average molecular weight is 271 g/mol. The zero-order valence-electron chi connectivity index (χ0n) is 11.6. The molecule has 0 aromatic heterocycles. The molecule has 1 fully saturated rings. The summed E-state index contributed by atoms with van der Waals surface area (Å²) in [5.74, 6) is 0.465. The molecule has 0 saturated heterocycles. The topological polar surface area (TPSA) is 63.3 Å². The Morgan fingerprint density at radius 2 is 2.30 bits per heavy atom. The highest BCUT2D eigenvalue weighted by Crippen LogP contribution is 2.48. The maximum atomic E-state index is 11.9. The molecule has 0 spiro atoms. The number of fused-ring (bicyclic) bond motifs is 3. The molecular weight excluding hydrogens is 250 g/mol. The summed E-state index contributed by atoms with van der Waals surface area (Å²) >= 11 is 0. The van der Waals surface area contributed by atoms with Gasteiger partial charge in [-0.15, -0.1) is 0 Å². The van der Waals surface area contributed by atoms with Crippen LogP contribution in [0.15, 0.2) is 24.3 Å². The molecule has 1 aromatic carbocycles. The van der Waals surface area contributed by atoms with E-state index in [0.29, 0.717) is 5.92 Å². The van der Waals surface area contributed by atoms with Gasteiger partial charge in [-0.25, -0.2) is 0 Å². The summed E-state index contributed by atoms with van der Waals surface area (Å²) in [6.07, 6.45) is 8.48. The quantitative estimate of drug-likeness (QED) is 0.884. The van der Waals surface area contributed by atoms with Crippen molar-refractivity contribution >= 4 is 12.0 Å². The normalized spacial score (nSPS) is 28.4. The summed E-state index contributed by atoms with van der Waals surface area (Å²) < 4.78 is 0. The van der Waals surface area contributed by atoms with E-state index in [2.05, 4.69) is 18.2 Å². The Bertz CT molecular complexity index is 564. The Morgan fingerprint density at radius 3 is 3.05 bits per heavy atom. The van der Waals surface area contributed by atoms with Crippen LogP contribution in [0.1, 0.15) is 36.0 Å². The fourth-order valence-corrected chi connectivity index (χ4v) is 3.86. The molecule has 2 unspecified atom stereocenters. The lowest BCUT2D eigenvalue weighted by molar-refractivity contribution is -0.127. The van der Waals surface area contributed by atoms with Crippen molar-refractivity contribution in [1.82, 2.24) is 0 Å². The van der Waals surface area contributed by atoms with Gasteiger partial charge in [0.2, 0.25) is 5.91 Å². The van der Waals surface area contributed by atoms with Crippen molar-refractivity contribution in [2.45, 2.75) is 32.1 Å². The van der Waals surface area contributed by atoms with E-state index in [1.54, 1.807) is 6.08 Å². The Morgan fingerprint density at radius 1 is 1.45 bits per heavy atom. The minimum atomic E-state index is -0.324. The van der Waals surface area contributed by atoms with E-state index < -0.39 is 0 Å². The predicted molar refractivity (Wildman–Crippen MR) is 78.9 cm³/mol. The molecule has 0 radical (unpaired) electrons. The zero-order valence-corrected chi connectivity index (χ0v) is 11.6. The van der Waals surface area contributed by atoms with Crippen molar-refractivity contribution in [3.63, 3.8) is 0 Å². The maximum Gasteiger partial charge on any atom is 0.223 e. The predicted octanol–water partition coefficient (Wildman–Crippen LogP) is 2.06. The molecule has 0 heterocycles. The SMILES string of the molecule is NC(=O)C12CCC(Cc3ccc(C=CCO)cc3C1)C2. The van der Waals surface area contributed by atoms with Crippen molar-refractivity contribution in [3.8, 4) is 0 Å². The molecule has 2 aliphatic carbocycles. The second-order valence-corrected chi connectivity index (χ2v) is 6.25. The van der Waals surface area contributed by atoms with Gasteiger partial charge in [-0.05, 0) is 54.7 Å². The summed E-state index contributed by atoms with van der Waals surface area (Å²) in [7, 11) is 0. The van der Waals surface area contributed by atoms with Crippen LogP contribution in [0.25, 0.3) is 6.08 Å². The standard InChI is InChI=1S/C17H21NO2/c18-16(20)17-6-5-13(10-17)9-14-4-3-12(2-1-7-19)8-15(14)11-17/h1-4,8,13,19H,5-7,9-11H2,(H2,18,20). The molecular formula is C17H21NO2. The van der Waals surface area contributed by atoms with Gasteiger partial charge >= 0.3 is 0 Å². The molecule has 1 saturated carbocycles. The maximum absolute atomic E-state index is 11.9. The first-order chi connectivity index (χ1) is 9.63. The Hall–Kier alpha value is -1.61. The molecule has 2 bridgehead atoms. The number of carbonyl (C=O) groups excluding carboxylic acids is 1. The van der Waals surface area contributed by atoms with Crippen LogP contribution in [-0.2, 0) is 17.6 Å². The first kappa shape index (κ1) is 13.4. The van der Waals surface area contributed by atoms with Crippen LogP contribution in [0.4, 0.5) is 0 Å². The highest BCUT2D eigenvalue weighted by Gasteiger charge is 2.46. The number of hydrogen-bond donors (Lipinski definition) is 2. The minimum Gasteiger partial charge on any atom is -0.392 e. The lowest BCUT2D eigenvalue weighted by atomic mass is 9.79. The van der Waals surface area contributed by atoms with Gasteiger partial charge in [-0.3, -0.25) is 4.79 Å². The van der Waals surface area contributed by atoms with E-state index in [4.69, 9.17) is 10.8 Å². The Kier molecular flexibility index (Phi) is 3.38. The molecule has 3 N–H and O–H groups in total. The molecule has 2 atom stereocenters. The van der Waals surface area contributed by atoms with Gasteiger partial charge in [0, 0.05) is 0 Å². The van der Waals surface area contributed by atoms with Crippen LogP contribution in [0, 0.1) is 11.3 Å². The average Bonchev–Trinajstić information content (AvgIpc) is 2.74. The van der Waals surface area contributed by atoms with Gasteiger partial charge in [0.1, 0.15) is 0 Å². The van der Waals surface area contributed by atoms with Crippen LogP contribution in [-0.4, -0.2) is 17.6 Å². The second kappa shape index (κ2) is 5.06.